The molecule has 0 amide bonds. The van der Waals surface area contributed by atoms with E-state index in [-0.39, 0.29) is 17.8 Å². The number of benzene rings is 1. The predicted octanol–water partition coefficient (Wildman–Crippen LogP) is 4.07. The van der Waals surface area contributed by atoms with E-state index in [1.54, 1.807) is 60.9 Å². The molecule has 0 spiro atoms. The highest BCUT2D eigenvalue weighted by Gasteiger charge is 2.30. The van der Waals surface area contributed by atoms with Gasteiger partial charge in [-0.15, -0.1) is 11.3 Å². The van der Waals surface area contributed by atoms with E-state index in [1.807, 2.05) is 6.92 Å². The molecule has 1 aromatic carbocycles. The van der Waals surface area contributed by atoms with Crippen molar-refractivity contribution >= 4 is 33.3 Å². The second-order valence-corrected chi connectivity index (χ2v) is 8.28. The summed E-state index contributed by atoms with van der Waals surface area (Å²) in [6.07, 6.45) is 3.67. The van der Waals surface area contributed by atoms with Gasteiger partial charge in [0.1, 0.15) is 16.7 Å². The summed E-state index contributed by atoms with van der Waals surface area (Å²) in [7, 11) is 1.25. The van der Waals surface area contributed by atoms with Crippen molar-refractivity contribution in [3.63, 3.8) is 0 Å². The number of hydrogen-bond acceptors (Lipinski definition) is 7. The third-order valence-corrected chi connectivity index (χ3v) is 6.35. The number of esters is 1. The Morgan fingerprint density at radius 1 is 1.16 bits per heavy atom. The first-order valence-electron chi connectivity index (χ1n) is 10.1. The fraction of sp³-hybridized carbons (Fsp3) is 0.208. The quantitative estimate of drug-likeness (QED) is 0.313. The number of fused-ring (bicyclic) bond motifs is 1. The smallest absolute Gasteiger partial charge is 0.308 e. The summed E-state index contributed by atoms with van der Waals surface area (Å²) in [6.45, 7) is 2.00. The van der Waals surface area contributed by atoms with Gasteiger partial charge < -0.3 is 4.74 Å². The van der Waals surface area contributed by atoms with Crippen LogP contribution >= 0.6 is 11.3 Å². The summed E-state index contributed by atoms with van der Waals surface area (Å²) in [5.41, 5.74) is 0.599. The maximum atomic E-state index is 13.7. The molecule has 162 valence electrons. The number of carbonyl (C=O) groups is 2. The summed E-state index contributed by atoms with van der Waals surface area (Å²) in [5, 5.41) is 0.426. The van der Waals surface area contributed by atoms with Gasteiger partial charge in [0.25, 0.3) is 5.56 Å². The summed E-state index contributed by atoms with van der Waals surface area (Å²) in [5.74, 6) is -0.670. The highest BCUT2D eigenvalue weighted by atomic mass is 32.1. The van der Waals surface area contributed by atoms with E-state index >= 15 is 0 Å². The first-order chi connectivity index (χ1) is 15.5. The Bertz CT molecular complexity index is 1330. The zero-order valence-electron chi connectivity index (χ0n) is 17.6. The molecule has 0 saturated heterocycles. The standard InChI is InChI=1S/C24H21N3O4S/c1-3-17-12-18-23(32-17)26-22(16-10-7-11-25-14-16)27(24(18)30)19(13-20(28)31-2)21(29)15-8-5-4-6-9-15/h4-12,14,19H,3,13H2,1-2H3. The van der Waals surface area contributed by atoms with Crippen LogP contribution in [0.2, 0.25) is 0 Å². The van der Waals surface area contributed by atoms with E-state index < -0.39 is 12.0 Å². The van der Waals surface area contributed by atoms with Crippen LogP contribution in [0, 0.1) is 0 Å². The van der Waals surface area contributed by atoms with Crippen molar-refractivity contribution in [2.45, 2.75) is 25.8 Å². The Morgan fingerprint density at radius 3 is 2.59 bits per heavy atom. The number of methoxy groups -OCH3 is 1. The Morgan fingerprint density at radius 2 is 1.94 bits per heavy atom. The molecule has 1 unspecified atom stereocenters. The average Bonchev–Trinajstić information content (AvgIpc) is 3.27. The molecule has 0 bridgehead atoms. The minimum absolute atomic E-state index is 0.290. The third kappa shape index (κ3) is 4.09. The van der Waals surface area contributed by atoms with Crippen LogP contribution in [0.4, 0.5) is 0 Å². The second-order valence-electron chi connectivity index (χ2n) is 7.16. The van der Waals surface area contributed by atoms with Crippen LogP contribution in [0.15, 0.2) is 65.7 Å². The number of Topliss-reactive ketones (excluding diaryl/α,β-unsaturated/α-hetero) is 1. The highest BCUT2D eigenvalue weighted by molar-refractivity contribution is 7.18. The van der Waals surface area contributed by atoms with Crippen molar-refractivity contribution in [3.05, 3.63) is 81.7 Å². The normalized spacial score (nSPS) is 11.9. The summed E-state index contributed by atoms with van der Waals surface area (Å²) in [6, 6.07) is 12.8. The highest BCUT2D eigenvalue weighted by Crippen LogP contribution is 2.29. The molecule has 0 aliphatic rings. The summed E-state index contributed by atoms with van der Waals surface area (Å²) < 4.78 is 6.16. The van der Waals surface area contributed by atoms with Crippen molar-refractivity contribution in [2.24, 2.45) is 0 Å². The van der Waals surface area contributed by atoms with Crippen LogP contribution in [-0.2, 0) is 16.0 Å². The van der Waals surface area contributed by atoms with Crippen molar-refractivity contribution < 1.29 is 14.3 Å². The molecule has 3 aromatic heterocycles. The number of ether oxygens (including phenoxy) is 1. The molecular formula is C24H21N3O4S. The van der Waals surface area contributed by atoms with Gasteiger partial charge in [-0.05, 0) is 24.6 Å². The number of aryl methyl sites for hydroxylation is 1. The van der Waals surface area contributed by atoms with Crippen molar-refractivity contribution in [1.29, 1.82) is 0 Å². The van der Waals surface area contributed by atoms with Gasteiger partial charge in [0, 0.05) is 28.4 Å². The van der Waals surface area contributed by atoms with Gasteiger partial charge in [0.05, 0.1) is 18.9 Å². The van der Waals surface area contributed by atoms with Gasteiger partial charge >= 0.3 is 5.97 Å². The molecule has 4 aromatic rings. The average molecular weight is 448 g/mol. The maximum absolute atomic E-state index is 13.7. The molecule has 0 saturated carbocycles. The minimum atomic E-state index is -1.12. The lowest BCUT2D eigenvalue weighted by Crippen LogP contribution is -2.33. The van der Waals surface area contributed by atoms with Crippen molar-refractivity contribution in [1.82, 2.24) is 14.5 Å². The molecule has 0 fully saturated rings. The van der Waals surface area contributed by atoms with E-state index in [4.69, 9.17) is 9.72 Å². The number of aromatic nitrogens is 3. The Balaban J connectivity index is 2.01. The number of pyridine rings is 1. The summed E-state index contributed by atoms with van der Waals surface area (Å²) in [4.78, 5) is 50.0. The van der Waals surface area contributed by atoms with Crippen molar-refractivity contribution in [3.8, 4) is 11.4 Å². The molecule has 3 heterocycles. The molecule has 1 atom stereocenters. The van der Waals surface area contributed by atoms with E-state index in [9.17, 15) is 14.4 Å². The lowest BCUT2D eigenvalue weighted by molar-refractivity contribution is -0.141. The van der Waals surface area contributed by atoms with Gasteiger partial charge in [-0.2, -0.15) is 0 Å². The maximum Gasteiger partial charge on any atom is 0.308 e. The van der Waals surface area contributed by atoms with Crippen LogP contribution in [0.25, 0.3) is 21.6 Å². The molecule has 32 heavy (non-hydrogen) atoms. The Kier molecular flexibility index (Phi) is 6.23. The van der Waals surface area contributed by atoms with Gasteiger partial charge in [-0.3, -0.25) is 23.9 Å². The van der Waals surface area contributed by atoms with Crippen LogP contribution in [0.5, 0.6) is 0 Å². The van der Waals surface area contributed by atoms with Gasteiger partial charge in [0.15, 0.2) is 5.78 Å². The number of ketones is 1. The summed E-state index contributed by atoms with van der Waals surface area (Å²) >= 11 is 1.44. The zero-order valence-corrected chi connectivity index (χ0v) is 18.5. The van der Waals surface area contributed by atoms with Crippen LogP contribution < -0.4 is 5.56 Å². The Hall–Kier alpha value is -3.65. The van der Waals surface area contributed by atoms with Crippen LogP contribution in [0.3, 0.4) is 0 Å². The van der Waals surface area contributed by atoms with Gasteiger partial charge in [-0.1, -0.05) is 37.3 Å². The number of carbonyl (C=O) groups excluding carboxylic acids is 2. The largest absolute Gasteiger partial charge is 0.469 e. The van der Waals surface area contributed by atoms with Gasteiger partial charge in [-0.25, -0.2) is 4.98 Å². The lowest BCUT2D eigenvalue weighted by Gasteiger charge is -2.21. The predicted molar refractivity (Wildman–Crippen MR) is 123 cm³/mol. The molecule has 0 N–H and O–H groups in total. The monoisotopic (exact) mass is 447 g/mol. The Labute approximate surface area is 188 Å². The first-order valence-corrected chi connectivity index (χ1v) is 11.0. The van der Waals surface area contributed by atoms with E-state index in [0.717, 1.165) is 11.3 Å². The fourth-order valence-electron chi connectivity index (χ4n) is 3.54. The van der Waals surface area contributed by atoms with Crippen LogP contribution in [-0.4, -0.2) is 33.4 Å². The minimum Gasteiger partial charge on any atom is -0.469 e. The number of hydrogen-bond donors (Lipinski definition) is 0. The molecule has 0 radical (unpaired) electrons. The van der Waals surface area contributed by atoms with E-state index in [0.29, 0.717) is 27.2 Å². The lowest BCUT2D eigenvalue weighted by atomic mass is 10.0. The third-order valence-electron chi connectivity index (χ3n) is 5.18. The molecule has 8 heteroatoms. The molecule has 0 aliphatic heterocycles. The molecule has 7 nitrogen and oxygen atoms in total. The first kappa shape index (κ1) is 21.6. The van der Waals surface area contributed by atoms with E-state index in [2.05, 4.69) is 4.98 Å². The SMILES string of the molecule is CCc1cc2c(=O)n(C(CC(=O)OC)C(=O)c3ccccc3)c(-c3cccnc3)nc2s1. The number of nitrogens with zero attached hydrogens (tertiary/aromatic N) is 3. The number of rotatable bonds is 7. The zero-order chi connectivity index (χ0) is 22.7. The topological polar surface area (TPSA) is 91.2 Å². The molecule has 4 rings (SSSR count). The number of thiophene rings is 1. The van der Waals surface area contributed by atoms with Gasteiger partial charge in [0.2, 0.25) is 0 Å². The molecular weight excluding hydrogens is 426 g/mol. The van der Waals surface area contributed by atoms with Crippen LogP contribution in [0.1, 0.15) is 34.6 Å². The molecule has 0 aliphatic carbocycles. The fourth-order valence-corrected chi connectivity index (χ4v) is 4.50. The van der Waals surface area contributed by atoms with E-state index in [1.165, 1.54) is 23.0 Å². The van der Waals surface area contributed by atoms with Crippen molar-refractivity contribution in [2.75, 3.05) is 7.11 Å². The second kappa shape index (κ2) is 9.23.